The molecule has 0 aliphatic carbocycles. The molecule has 80 valence electrons. The highest BCUT2D eigenvalue weighted by Crippen LogP contribution is 2.41. The second-order valence-corrected chi connectivity index (χ2v) is 5.66. The molecular weight excluding hydrogens is 174 g/mol. The molecule has 2 fully saturated rings. The summed E-state index contributed by atoms with van der Waals surface area (Å²) in [5, 5.41) is 0. The van der Waals surface area contributed by atoms with E-state index in [2.05, 4.69) is 32.6 Å². The van der Waals surface area contributed by atoms with E-state index >= 15 is 0 Å². The van der Waals surface area contributed by atoms with E-state index in [9.17, 15) is 4.79 Å². The number of rotatable bonds is 0. The third kappa shape index (κ3) is 1.31. The molecule has 0 aromatic heterocycles. The van der Waals surface area contributed by atoms with E-state index in [1.807, 2.05) is 0 Å². The first-order chi connectivity index (χ1) is 6.43. The van der Waals surface area contributed by atoms with Gasteiger partial charge in [0.1, 0.15) is 0 Å². The lowest BCUT2D eigenvalue weighted by Crippen LogP contribution is -2.56. The number of nitrogens with zero attached hydrogens (tertiary/aromatic N) is 1. The summed E-state index contributed by atoms with van der Waals surface area (Å²) in [6, 6.07) is 0.800. The molecule has 2 unspecified atom stereocenters. The monoisotopic (exact) mass is 195 g/mol. The summed E-state index contributed by atoms with van der Waals surface area (Å²) in [7, 11) is 0. The molecule has 0 radical (unpaired) electrons. The minimum atomic E-state index is 0.226. The molecule has 0 aromatic rings. The molecule has 2 heterocycles. The van der Waals surface area contributed by atoms with E-state index in [-0.39, 0.29) is 17.5 Å². The summed E-state index contributed by atoms with van der Waals surface area (Å²) < 4.78 is 0. The number of carbonyl (C=O) groups is 1. The maximum absolute atomic E-state index is 12.0. The van der Waals surface area contributed by atoms with E-state index in [0.29, 0.717) is 11.8 Å². The highest BCUT2D eigenvalue weighted by Gasteiger charge is 2.49. The van der Waals surface area contributed by atoms with Crippen LogP contribution in [0.15, 0.2) is 0 Å². The first-order valence-electron chi connectivity index (χ1n) is 5.75. The van der Waals surface area contributed by atoms with Crippen LogP contribution < -0.4 is 0 Å². The molecule has 0 amide bonds. The number of hydrogen-bond donors (Lipinski definition) is 0. The zero-order chi connectivity index (χ0) is 10.5. The van der Waals surface area contributed by atoms with Crippen molar-refractivity contribution in [1.82, 2.24) is 4.90 Å². The van der Waals surface area contributed by atoms with Gasteiger partial charge in [-0.25, -0.2) is 0 Å². The zero-order valence-corrected chi connectivity index (χ0v) is 9.71. The second-order valence-electron chi connectivity index (χ2n) is 5.66. The topological polar surface area (TPSA) is 20.3 Å². The second kappa shape index (κ2) is 3.06. The quantitative estimate of drug-likeness (QED) is 0.591. The molecule has 3 atom stereocenters. The number of carbonyl (C=O) groups excluding carboxylic acids is 1. The maximum Gasteiger partial charge on any atom is 0.152 e. The molecule has 0 saturated carbocycles. The Hall–Kier alpha value is -0.370. The summed E-state index contributed by atoms with van der Waals surface area (Å²) in [5.41, 5.74) is 0.236. The van der Waals surface area contributed by atoms with E-state index in [4.69, 9.17) is 0 Å². The number of hydrogen-bond acceptors (Lipinski definition) is 2. The molecular formula is C12H21NO. The fraction of sp³-hybridized carbons (Fsp3) is 0.917. The number of Topliss-reactive ketones (excluding diaryl/α,β-unsaturated/α-hetero) is 1. The smallest absolute Gasteiger partial charge is 0.152 e. The zero-order valence-electron chi connectivity index (χ0n) is 9.71. The predicted molar refractivity (Wildman–Crippen MR) is 57.2 cm³/mol. The first kappa shape index (κ1) is 10.2. The van der Waals surface area contributed by atoms with Gasteiger partial charge < -0.3 is 0 Å². The molecule has 0 spiro atoms. The van der Waals surface area contributed by atoms with Crippen LogP contribution in [-0.4, -0.2) is 28.3 Å². The van der Waals surface area contributed by atoms with Crippen LogP contribution in [0.5, 0.6) is 0 Å². The fourth-order valence-electron chi connectivity index (χ4n) is 3.43. The molecule has 0 bridgehead atoms. The predicted octanol–water partition coefficient (Wildman–Crippen LogP) is 2.23. The van der Waals surface area contributed by atoms with Crippen molar-refractivity contribution in [3.8, 4) is 0 Å². The summed E-state index contributed by atoms with van der Waals surface area (Å²) in [4.78, 5) is 14.5. The molecule has 14 heavy (non-hydrogen) atoms. The largest absolute Gasteiger partial charge is 0.298 e. The third-order valence-electron chi connectivity index (χ3n) is 4.05. The van der Waals surface area contributed by atoms with Crippen LogP contribution in [-0.2, 0) is 4.79 Å². The van der Waals surface area contributed by atoms with E-state index < -0.39 is 0 Å². The van der Waals surface area contributed by atoms with E-state index in [1.54, 1.807) is 0 Å². The minimum absolute atomic E-state index is 0.226. The van der Waals surface area contributed by atoms with Crippen molar-refractivity contribution in [2.75, 3.05) is 0 Å². The van der Waals surface area contributed by atoms with E-state index in [1.165, 1.54) is 6.42 Å². The highest BCUT2D eigenvalue weighted by atomic mass is 16.1. The Kier molecular flexibility index (Phi) is 2.22. The molecule has 2 heteroatoms. The Morgan fingerprint density at radius 3 is 2.64 bits per heavy atom. The van der Waals surface area contributed by atoms with Crippen LogP contribution >= 0.6 is 0 Å². The Balaban J connectivity index is 2.28. The summed E-state index contributed by atoms with van der Waals surface area (Å²) in [6.07, 6.45) is 3.28. The van der Waals surface area contributed by atoms with Crippen LogP contribution in [0, 0.1) is 5.92 Å². The van der Waals surface area contributed by atoms with Crippen LogP contribution in [0.25, 0.3) is 0 Å². The Morgan fingerprint density at radius 1 is 1.36 bits per heavy atom. The normalized spacial score (nSPS) is 42.6. The number of ketones is 1. The van der Waals surface area contributed by atoms with Crippen molar-refractivity contribution in [2.24, 2.45) is 5.92 Å². The van der Waals surface area contributed by atoms with Gasteiger partial charge in [0.15, 0.2) is 5.78 Å². The number of piperidine rings is 1. The van der Waals surface area contributed by atoms with Gasteiger partial charge in [-0.05, 0) is 40.0 Å². The van der Waals surface area contributed by atoms with Gasteiger partial charge >= 0.3 is 0 Å². The van der Waals surface area contributed by atoms with Crippen molar-refractivity contribution >= 4 is 5.78 Å². The minimum Gasteiger partial charge on any atom is -0.298 e. The summed E-state index contributed by atoms with van der Waals surface area (Å²) in [6.45, 7) is 8.89. The lowest BCUT2D eigenvalue weighted by Gasteiger charge is -2.44. The van der Waals surface area contributed by atoms with Crippen molar-refractivity contribution in [2.45, 2.75) is 64.6 Å². The lowest BCUT2D eigenvalue weighted by atomic mass is 9.86. The maximum atomic E-state index is 12.0. The first-order valence-corrected chi connectivity index (χ1v) is 5.75. The van der Waals surface area contributed by atoms with Gasteiger partial charge in [-0.2, -0.15) is 0 Å². The van der Waals surface area contributed by atoms with Gasteiger partial charge in [-0.15, -0.1) is 0 Å². The summed E-state index contributed by atoms with van der Waals surface area (Å²) >= 11 is 0. The van der Waals surface area contributed by atoms with Crippen LogP contribution in [0.2, 0.25) is 0 Å². The Labute approximate surface area is 86.7 Å². The van der Waals surface area contributed by atoms with Gasteiger partial charge in [0.2, 0.25) is 0 Å². The van der Waals surface area contributed by atoms with Gasteiger partial charge in [-0.3, -0.25) is 9.69 Å². The van der Waals surface area contributed by atoms with Crippen molar-refractivity contribution in [1.29, 1.82) is 0 Å². The van der Waals surface area contributed by atoms with E-state index in [0.717, 1.165) is 12.8 Å². The molecule has 2 nitrogen and oxygen atoms in total. The Morgan fingerprint density at radius 2 is 2.00 bits per heavy atom. The van der Waals surface area contributed by atoms with Gasteiger partial charge in [0.25, 0.3) is 0 Å². The van der Waals surface area contributed by atoms with Crippen LogP contribution in [0.4, 0.5) is 0 Å². The van der Waals surface area contributed by atoms with Gasteiger partial charge in [0, 0.05) is 17.5 Å². The molecule has 2 aliphatic heterocycles. The SMILES string of the molecule is CC1CC(C)N2[C@@H](CCC2(C)C)C1=O. The fourth-order valence-corrected chi connectivity index (χ4v) is 3.43. The molecule has 0 N–H and O–H groups in total. The summed E-state index contributed by atoms with van der Waals surface area (Å²) in [5.74, 6) is 0.758. The van der Waals surface area contributed by atoms with Crippen molar-refractivity contribution in [3.63, 3.8) is 0 Å². The van der Waals surface area contributed by atoms with Crippen molar-refractivity contribution < 1.29 is 4.79 Å². The standard InChI is InChI=1S/C12H21NO/c1-8-7-9(2)13-10(11(8)14)5-6-12(13,3)4/h8-10H,5-7H2,1-4H3/t8?,9?,10-/m0/s1. The lowest BCUT2D eigenvalue weighted by molar-refractivity contribution is -0.134. The average Bonchev–Trinajstić information content (AvgIpc) is 2.38. The van der Waals surface area contributed by atoms with Crippen molar-refractivity contribution in [3.05, 3.63) is 0 Å². The molecule has 0 aromatic carbocycles. The highest BCUT2D eigenvalue weighted by molar-refractivity contribution is 5.87. The van der Waals surface area contributed by atoms with Gasteiger partial charge in [-0.1, -0.05) is 6.92 Å². The van der Waals surface area contributed by atoms with Gasteiger partial charge in [0.05, 0.1) is 6.04 Å². The van der Waals surface area contributed by atoms with Crippen LogP contribution in [0.3, 0.4) is 0 Å². The number of fused-ring (bicyclic) bond motifs is 1. The van der Waals surface area contributed by atoms with Crippen LogP contribution in [0.1, 0.15) is 47.0 Å². The Bertz CT molecular complexity index is 259. The molecule has 2 saturated heterocycles. The average molecular weight is 195 g/mol. The third-order valence-corrected chi connectivity index (χ3v) is 4.05. The molecule has 2 rings (SSSR count). The molecule has 2 aliphatic rings.